The number of hydrogen-bond donors (Lipinski definition) is 0. The summed E-state index contributed by atoms with van der Waals surface area (Å²) in [7, 11) is 0. The van der Waals surface area contributed by atoms with E-state index in [1.807, 2.05) is 84.9 Å². The number of oxazole rings is 1. The molecule has 0 unspecified atom stereocenters. The van der Waals surface area contributed by atoms with E-state index in [1.54, 1.807) is 11.3 Å². The number of rotatable bonds is 5. The van der Waals surface area contributed by atoms with Crippen LogP contribution in [0.4, 0.5) is 0 Å². The Bertz CT molecular complexity index is 3160. The van der Waals surface area contributed by atoms with Crippen molar-refractivity contribution in [1.29, 1.82) is 0 Å². The van der Waals surface area contributed by atoms with Crippen LogP contribution < -0.4 is 0 Å². The average molecular weight is 699 g/mol. The largest absolute Gasteiger partial charge is 0.456 e. The zero-order valence-corrected chi connectivity index (χ0v) is 28.8. The topological polar surface area (TPSA) is 77.8 Å². The number of thiophene rings is 1. The fourth-order valence-corrected chi connectivity index (χ4v) is 8.38. The second-order valence-electron chi connectivity index (χ2n) is 13.0. The van der Waals surface area contributed by atoms with Gasteiger partial charge in [-0.25, -0.2) is 19.9 Å². The standard InChI is InChI=1S/C46H26N4O2S/c1-2-10-27(11-3-1)43-48-44(30-20-22-33-32-14-4-6-18-38(32)51-40(33)26-30)50-45(49-43)35-16-9-15-34-36-25-29(21-23-41(36)53-42(34)35)28-12-8-13-31(24-28)46-47-37-17-5-7-19-39(37)52-46/h1-26H. The first kappa shape index (κ1) is 29.7. The van der Waals surface area contributed by atoms with Gasteiger partial charge in [-0.1, -0.05) is 97.1 Å². The molecule has 0 saturated carbocycles. The molecule has 0 saturated heterocycles. The molecule has 6 nitrogen and oxygen atoms in total. The summed E-state index contributed by atoms with van der Waals surface area (Å²) in [5.41, 5.74) is 9.20. The van der Waals surface area contributed by atoms with Crippen LogP contribution in [0.1, 0.15) is 0 Å². The van der Waals surface area contributed by atoms with E-state index in [0.717, 1.165) is 76.5 Å². The normalized spacial score (nSPS) is 11.8. The smallest absolute Gasteiger partial charge is 0.227 e. The van der Waals surface area contributed by atoms with Gasteiger partial charge in [0.05, 0.1) is 0 Å². The first-order chi connectivity index (χ1) is 26.2. The van der Waals surface area contributed by atoms with Crippen LogP contribution in [0.3, 0.4) is 0 Å². The number of aromatic nitrogens is 4. The Kier molecular flexibility index (Phi) is 6.62. The highest BCUT2D eigenvalue weighted by molar-refractivity contribution is 7.26. The average Bonchev–Trinajstić information content (AvgIpc) is 3.94. The monoisotopic (exact) mass is 698 g/mol. The summed E-state index contributed by atoms with van der Waals surface area (Å²) < 4.78 is 14.7. The maximum Gasteiger partial charge on any atom is 0.227 e. The molecule has 4 heterocycles. The number of fused-ring (bicyclic) bond motifs is 7. The minimum absolute atomic E-state index is 0.593. The van der Waals surface area contributed by atoms with Gasteiger partial charge in [0.15, 0.2) is 23.1 Å². The highest BCUT2D eigenvalue weighted by Crippen LogP contribution is 2.42. The molecule has 248 valence electrons. The summed E-state index contributed by atoms with van der Waals surface area (Å²) in [6.45, 7) is 0. The lowest BCUT2D eigenvalue weighted by Crippen LogP contribution is -2.00. The molecule has 0 bridgehead atoms. The van der Waals surface area contributed by atoms with Gasteiger partial charge in [0.1, 0.15) is 16.7 Å². The highest BCUT2D eigenvalue weighted by Gasteiger charge is 2.18. The Morgan fingerprint density at radius 3 is 1.96 bits per heavy atom. The van der Waals surface area contributed by atoms with Gasteiger partial charge in [-0.2, -0.15) is 0 Å². The molecule has 0 radical (unpaired) electrons. The van der Waals surface area contributed by atoms with Gasteiger partial charge in [-0.15, -0.1) is 11.3 Å². The maximum atomic E-state index is 6.24. The van der Waals surface area contributed by atoms with Gasteiger partial charge < -0.3 is 8.83 Å². The van der Waals surface area contributed by atoms with Crippen molar-refractivity contribution in [1.82, 2.24) is 19.9 Å². The molecule has 0 aliphatic rings. The third-order valence-corrected chi connectivity index (χ3v) is 11.0. The van der Waals surface area contributed by atoms with Crippen molar-refractivity contribution in [3.05, 3.63) is 158 Å². The van der Waals surface area contributed by atoms with E-state index < -0.39 is 0 Å². The van der Waals surface area contributed by atoms with Crippen LogP contribution in [-0.4, -0.2) is 19.9 Å². The van der Waals surface area contributed by atoms with Gasteiger partial charge in [-0.3, -0.25) is 0 Å². The quantitative estimate of drug-likeness (QED) is 0.178. The Labute approximate surface area is 306 Å². The molecule has 0 spiro atoms. The second-order valence-corrected chi connectivity index (χ2v) is 14.1. The van der Waals surface area contributed by atoms with E-state index in [0.29, 0.717) is 23.4 Å². The number of para-hydroxylation sites is 3. The molecule has 0 aliphatic carbocycles. The lowest BCUT2D eigenvalue weighted by atomic mass is 10.0. The molecule has 0 atom stereocenters. The summed E-state index contributed by atoms with van der Waals surface area (Å²) in [4.78, 5) is 19.9. The lowest BCUT2D eigenvalue weighted by Gasteiger charge is -2.09. The van der Waals surface area contributed by atoms with E-state index in [-0.39, 0.29) is 0 Å². The van der Waals surface area contributed by atoms with E-state index in [4.69, 9.17) is 28.8 Å². The fourth-order valence-electron chi connectivity index (χ4n) is 7.19. The zero-order valence-electron chi connectivity index (χ0n) is 28.0. The fraction of sp³-hybridized carbons (Fsp3) is 0. The van der Waals surface area contributed by atoms with Crippen LogP contribution in [0.15, 0.2) is 167 Å². The molecule has 0 N–H and O–H groups in total. The predicted molar refractivity (Wildman–Crippen MR) is 215 cm³/mol. The minimum Gasteiger partial charge on any atom is -0.456 e. The maximum absolute atomic E-state index is 6.24. The van der Waals surface area contributed by atoms with Crippen LogP contribution in [0, 0.1) is 0 Å². The van der Waals surface area contributed by atoms with Crippen LogP contribution in [0.25, 0.3) is 110 Å². The molecular formula is C46H26N4O2S. The Morgan fingerprint density at radius 1 is 0.377 bits per heavy atom. The molecule has 0 aliphatic heterocycles. The summed E-state index contributed by atoms with van der Waals surface area (Å²) in [6.07, 6.45) is 0. The van der Waals surface area contributed by atoms with Crippen LogP contribution >= 0.6 is 11.3 Å². The van der Waals surface area contributed by atoms with Gasteiger partial charge in [0, 0.05) is 53.2 Å². The molecule has 0 fully saturated rings. The molecule has 7 aromatic carbocycles. The summed E-state index contributed by atoms with van der Waals surface area (Å²) >= 11 is 1.76. The Morgan fingerprint density at radius 2 is 1.06 bits per heavy atom. The summed E-state index contributed by atoms with van der Waals surface area (Å²) in [6, 6.07) is 53.7. The predicted octanol–water partition coefficient (Wildman–Crippen LogP) is 12.6. The molecule has 53 heavy (non-hydrogen) atoms. The van der Waals surface area contributed by atoms with Crippen LogP contribution in [0.2, 0.25) is 0 Å². The third kappa shape index (κ3) is 5.01. The molecule has 11 rings (SSSR count). The molecule has 0 amide bonds. The Hall–Kier alpha value is -6.96. The summed E-state index contributed by atoms with van der Waals surface area (Å²) in [5.74, 6) is 2.45. The lowest BCUT2D eigenvalue weighted by molar-refractivity contribution is 0.620. The van der Waals surface area contributed by atoms with Crippen molar-refractivity contribution in [2.24, 2.45) is 0 Å². The zero-order chi connectivity index (χ0) is 34.9. The van der Waals surface area contributed by atoms with Crippen molar-refractivity contribution in [2.75, 3.05) is 0 Å². The van der Waals surface area contributed by atoms with E-state index in [1.165, 1.54) is 10.1 Å². The van der Waals surface area contributed by atoms with Crippen molar-refractivity contribution in [3.8, 4) is 56.7 Å². The van der Waals surface area contributed by atoms with Crippen molar-refractivity contribution < 1.29 is 8.83 Å². The third-order valence-electron chi connectivity index (χ3n) is 9.78. The van der Waals surface area contributed by atoms with Gasteiger partial charge in [-0.05, 0) is 71.8 Å². The van der Waals surface area contributed by atoms with Crippen LogP contribution in [0.5, 0.6) is 0 Å². The SMILES string of the molecule is c1ccc(-c2nc(-c3ccc4c(c3)oc3ccccc34)nc(-c3cccc4c3sc3ccc(-c5cccc(-c6nc7ccccc7o6)c5)cc34)n2)cc1. The number of benzene rings is 7. The minimum atomic E-state index is 0.593. The molecular weight excluding hydrogens is 673 g/mol. The first-order valence-corrected chi connectivity index (χ1v) is 18.2. The van der Waals surface area contributed by atoms with Crippen molar-refractivity contribution in [2.45, 2.75) is 0 Å². The number of furan rings is 1. The summed E-state index contributed by atoms with van der Waals surface area (Å²) in [5, 5.41) is 4.50. The van der Waals surface area contributed by atoms with Gasteiger partial charge >= 0.3 is 0 Å². The highest BCUT2D eigenvalue weighted by atomic mass is 32.1. The van der Waals surface area contributed by atoms with E-state index in [2.05, 4.69) is 72.8 Å². The van der Waals surface area contributed by atoms with Gasteiger partial charge in [0.2, 0.25) is 5.89 Å². The Balaban J connectivity index is 1.04. The number of nitrogens with zero attached hydrogens (tertiary/aromatic N) is 4. The first-order valence-electron chi connectivity index (χ1n) is 17.4. The van der Waals surface area contributed by atoms with E-state index >= 15 is 0 Å². The van der Waals surface area contributed by atoms with Gasteiger partial charge in [0.25, 0.3) is 0 Å². The van der Waals surface area contributed by atoms with E-state index in [9.17, 15) is 0 Å². The molecule has 11 aromatic rings. The van der Waals surface area contributed by atoms with Crippen molar-refractivity contribution >= 4 is 64.5 Å². The van der Waals surface area contributed by atoms with Crippen molar-refractivity contribution in [3.63, 3.8) is 0 Å². The molecule has 4 aromatic heterocycles. The molecule has 7 heteroatoms. The second kappa shape index (κ2) is 11.8. The van der Waals surface area contributed by atoms with Crippen LogP contribution in [-0.2, 0) is 0 Å². The number of hydrogen-bond acceptors (Lipinski definition) is 7.